The number of hydrogen-bond acceptors (Lipinski definition) is 10. The Morgan fingerprint density at radius 2 is 1.24 bits per heavy atom. The maximum Gasteiger partial charge on any atom is 0.349 e. The first kappa shape index (κ1) is 24.8. The number of carbonyl (C=O) groups excluding carboxylic acids is 2. The summed E-state index contributed by atoms with van der Waals surface area (Å²) in [6.07, 6.45) is 14.1. The van der Waals surface area contributed by atoms with Crippen LogP contribution in [0.2, 0.25) is 0 Å². The predicted octanol–water partition coefficient (Wildman–Crippen LogP) is 2.38. The minimum atomic E-state index is -0.650. The number of hydroxylamine groups is 2. The molecule has 38 heavy (non-hydrogen) atoms. The minimum absolute atomic E-state index is 0.227. The van der Waals surface area contributed by atoms with Gasteiger partial charge in [-0.15, -0.1) is 0 Å². The molecule has 0 spiro atoms. The molecule has 2 saturated carbocycles. The molecular formula is C28H34N6O4. The van der Waals surface area contributed by atoms with Crippen LogP contribution < -0.4 is 20.8 Å². The molecule has 2 saturated heterocycles. The Kier molecular flexibility index (Phi) is 6.75. The number of rotatable bonds is 10. The van der Waals surface area contributed by atoms with Gasteiger partial charge in [-0.1, -0.05) is 0 Å². The van der Waals surface area contributed by atoms with Crippen molar-refractivity contribution in [2.75, 3.05) is 22.9 Å². The van der Waals surface area contributed by atoms with Gasteiger partial charge in [-0.2, -0.15) is 11.0 Å². The molecule has 2 aromatic heterocycles. The van der Waals surface area contributed by atoms with Crippen molar-refractivity contribution in [2.24, 2.45) is 11.8 Å². The third-order valence-corrected chi connectivity index (χ3v) is 8.08. The minimum Gasteiger partial charge on any atom is -0.367 e. The maximum atomic E-state index is 12.1. The molecule has 200 valence electrons. The smallest absolute Gasteiger partial charge is 0.349 e. The molecule has 4 heterocycles. The fraction of sp³-hybridized carbons (Fsp3) is 0.500. The molecule has 0 radical (unpaired) electrons. The molecule has 2 aromatic rings. The fourth-order valence-corrected chi connectivity index (χ4v) is 6.27. The van der Waals surface area contributed by atoms with E-state index in [1.54, 1.807) is 0 Å². The lowest BCUT2D eigenvalue weighted by molar-refractivity contribution is -0.147. The normalized spacial score (nSPS) is 28.8. The van der Waals surface area contributed by atoms with E-state index in [0.717, 1.165) is 47.5 Å². The number of fused-ring (bicyclic) bond motifs is 2. The summed E-state index contributed by atoms with van der Waals surface area (Å²) in [5.74, 6) is 0.0808. The summed E-state index contributed by atoms with van der Waals surface area (Å²) in [5, 5.41) is 0. The molecule has 6 unspecified atom stereocenters. The van der Waals surface area contributed by atoms with Crippen molar-refractivity contribution in [3.63, 3.8) is 0 Å². The molecule has 6 atom stereocenters. The van der Waals surface area contributed by atoms with Crippen molar-refractivity contribution in [1.82, 2.24) is 20.9 Å². The average Bonchev–Trinajstić information content (AvgIpc) is 3.77. The second-order valence-electron chi connectivity index (χ2n) is 11.0. The second-order valence-corrected chi connectivity index (χ2v) is 11.0. The Morgan fingerprint density at radius 1 is 0.789 bits per heavy atom. The van der Waals surface area contributed by atoms with Gasteiger partial charge in [0.1, 0.15) is 0 Å². The first-order valence-corrected chi connectivity index (χ1v) is 13.4. The van der Waals surface area contributed by atoms with E-state index >= 15 is 0 Å². The lowest BCUT2D eigenvalue weighted by Gasteiger charge is -2.29. The van der Waals surface area contributed by atoms with Gasteiger partial charge in [-0.25, -0.2) is 9.59 Å². The summed E-state index contributed by atoms with van der Waals surface area (Å²) in [6.45, 7) is 5.08. The predicted molar refractivity (Wildman–Crippen MR) is 141 cm³/mol. The van der Waals surface area contributed by atoms with E-state index < -0.39 is 11.9 Å². The molecular weight excluding hydrogens is 484 g/mol. The van der Waals surface area contributed by atoms with Gasteiger partial charge in [0.25, 0.3) is 0 Å². The summed E-state index contributed by atoms with van der Waals surface area (Å²) in [4.78, 5) is 47.9. The molecule has 2 aliphatic heterocycles. The van der Waals surface area contributed by atoms with Crippen LogP contribution in [0.25, 0.3) is 0 Å². The summed E-state index contributed by atoms with van der Waals surface area (Å²) < 4.78 is 0. The van der Waals surface area contributed by atoms with Crippen LogP contribution in [0.1, 0.15) is 36.8 Å². The van der Waals surface area contributed by atoms with Gasteiger partial charge in [0.15, 0.2) is 0 Å². The Bertz CT molecular complexity index is 1140. The van der Waals surface area contributed by atoms with E-state index in [4.69, 9.17) is 9.68 Å². The zero-order valence-corrected chi connectivity index (χ0v) is 21.7. The van der Waals surface area contributed by atoms with Crippen molar-refractivity contribution in [3.8, 4) is 0 Å². The van der Waals surface area contributed by atoms with E-state index in [-0.39, 0.29) is 12.1 Å². The maximum absolute atomic E-state index is 12.1. The van der Waals surface area contributed by atoms with Crippen LogP contribution in [-0.2, 0) is 19.3 Å². The fourth-order valence-electron chi connectivity index (χ4n) is 6.27. The monoisotopic (exact) mass is 518 g/mol. The topological polar surface area (TPSA) is 109 Å². The first-order chi connectivity index (χ1) is 18.5. The second kappa shape index (κ2) is 10.3. The molecule has 2 N–H and O–H groups in total. The van der Waals surface area contributed by atoms with Crippen LogP contribution in [0.5, 0.6) is 0 Å². The van der Waals surface area contributed by atoms with Crippen molar-refractivity contribution in [3.05, 3.63) is 60.2 Å². The number of anilines is 2. The van der Waals surface area contributed by atoms with Crippen molar-refractivity contribution in [2.45, 2.75) is 63.7 Å². The van der Waals surface area contributed by atoms with Crippen molar-refractivity contribution < 1.29 is 19.3 Å². The highest BCUT2D eigenvalue weighted by atomic mass is 16.7. The quantitative estimate of drug-likeness (QED) is 0.359. The zero-order valence-electron chi connectivity index (χ0n) is 21.7. The summed E-state index contributed by atoms with van der Waals surface area (Å²) in [6, 6.07) is 5.82. The third kappa shape index (κ3) is 5.37. The number of hydrogen-bond donors (Lipinski definition) is 2. The number of nitrogens with one attached hydrogen (secondary N) is 2. The number of carbonyl (C=O) groups is 2. The van der Waals surface area contributed by atoms with Crippen LogP contribution in [-0.4, -0.2) is 59.2 Å². The van der Waals surface area contributed by atoms with Crippen LogP contribution in [0.15, 0.2) is 49.1 Å². The van der Waals surface area contributed by atoms with Gasteiger partial charge in [-0.05, 0) is 74.6 Å². The van der Waals surface area contributed by atoms with Gasteiger partial charge in [0.05, 0.1) is 36.9 Å². The number of aromatic nitrogens is 2. The molecule has 2 aliphatic carbocycles. The summed E-state index contributed by atoms with van der Waals surface area (Å²) in [5.41, 5.74) is 10.0. The van der Waals surface area contributed by atoms with E-state index in [1.165, 1.54) is 12.8 Å². The van der Waals surface area contributed by atoms with Gasteiger partial charge < -0.3 is 19.5 Å². The van der Waals surface area contributed by atoms with E-state index in [1.807, 2.05) is 38.6 Å². The van der Waals surface area contributed by atoms with Crippen molar-refractivity contribution >= 4 is 23.3 Å². The van der Waals surface area contributed by atoms with E-state index in [0.29, 0.717) is 37.0 Å². The Hall–Kier alpha value is -3.50. The molecule has 0 amide bonds. The van der Waals surface area contributed by atoms with Gasteiger partial charge in [-0.3, -0.25) is 9.97 Å². The lowest BCUT2D eigenvalue weighted by atomic mass is 10.1. The van der Waals surface area contributed by atoms with Crippen LogP contribution >= 0.6 is 0 Å². The highest BCUT2D eigenvalue weighted by Gasteiger charge is 2.52. The highest BCUT2D eigenvalue weighted by molar-refractivity contribution is 5.91. The van der Waals surface area contributed by atoms with Gasteiger partial charge >= 0.3 is 11.9 Å². The van der Waals surface area contributed by atoms with E-state index in [9.17, 15) is 9.59 Å². The Morgan fingerprint density at radius 3 is 1.66 bits per heavy atom. The largest absolute Gasteiger partial charge is 0.367 e. The molecule has 4 aliphatic rings. The van der Waals surface area contributed by atoms with Crippen molar-refractivity contribution in [1.29, 1.82) is 0 Å². The molecule has 0 aromatic carbocycles. The van der Waals surface area contributed by atoms with Crippen LogP contribution in [0, 0.1) is 25.7 Å². The molecule has 6 rings (SSSR count). The van der Waals surface area contributed by atoms with Crippen LogP contribution in [0.4, 0.5) is 11.4 Å². The van der Waals surface area contributed by atoms with Gasteiger partial charge in [0.2, 0.25) is 0 Å². The standard InChI is InChI=1S/C28H34N6O4/c1-17-5-21(13-29-11-17)33-23(7-19-9-25(19)33)15-31-37-27(35)3-4-28(36)38-32-16-24-8-20-10-26(20)34(24)22-6-18(2)12-30-14-22/h3-6,11-14,19-20,23-26,31-32H,7-10,15-16H2,1-2H3/b4-3+. The number of piperidine rings is 2. The SMILES string of the molecule is Cc1cncc(N2C(CNOC(=O)/C=C/C(=O)ONCC3CC4CC4N3c3cncc(C)c3)CC3CC32)c1. The molecule has 0 bridgehead atoms. The third-order valence-electron chi connectivity index (χ3n) is 8.08. The molecule has 10 heteroatoms. The van der Waals surface area contributed by atoms with Gasteiger partial charge in [0, 0.05) is 48.7 Å². The zero-order chi connectivity index (χ0) is 26.2. The average molecular weight is 519 g/mol. The first-order valence-electron chi connectivity index (χ1n) is 13.4. The lowest BCUT2D eigenvalue weighted by Crippen LogP contribution is -2.41. The molecule has 10 nitrogen and oxygen atoms in total. The number of pyridine rings is 2. The number of nitrogens with zero attached hydrogens (tertiary/aromatic N) is 4. The highest BCUT2D eigenvalue weighted by Crippen LogP contribution is 2.50. The van der Waals surface area contributed by atoms with E-state index in [2.05, 4.69) is 42.9 Å². The molecule has 4 fully saturated rings. The summed E-state index contributed by atoms with van der Waals surface area (Å²) in [7, 11) is 0. The summed E-state index contributed by atoms with van der Waals surface area (Å²) >= 11 is 0. The Labute approximate surface area is 222 Å². The Balaban J connectivity index is 0.918. The number of aryl methyl sites for hydroxylation is 2. The van der Waals surface area contributed by atoms with Crippen LogP contribution in [0.3, 0.4) is 0 Å².